The van der Waals surface area contributed by atoms with Crippen molar-refractivity contribution < 1.29 is 19.1 Å². The Morgan fingerprint density at radius 1 is 1.15 bits per heavy atom. The van der Waals surface area contributed by atoms with Crippen LogP contribution in [0, 0.1) is 0 Å². The van der Waals surface area contributed by atoms with E-state index in [4.69, 9.17) is 4.74 Å². The second-order valence-electron chi connectivity index (χ2n) is 8.32. The Balaban J connectivity index is 1.77. The first-order valence-electron chi connectivity index (χ1n) is 9.20. The van der Waals surface area contributed by atoms with Crippen LogP contribution in [0.15, 0.2) is 22.7 Å². The van der Waals surface area contributed by atoms with Gasteiger partial charge in [0, 0.05) is 37.5 Å². The molecule has 3 amide bonds. The number of imide groups is 1. The molecular formula is C19H25BrN2O4Si. The zero-order chi connectivity index (χ0) is 19.8. The standard InChI is InChI=1S/C19H25BrN2O4Si/c1-27(2,3)11-18(26-12-22-16(23)5-4-6-17(22)24)21-10-13-9-14(20)7-8-15(13)19(21)25/h7-9,18H,4-6,10-12H2,1-3H3. The highest BCUT2D eigenvalue weighted by Gasteiger charge is 2.37. The smallest absolute Gasteiger partial charge is 0.256 e. The van der Waals surface area contributed by atoms with Crippen LogP contribution in [0.1, 0.15) is 35.2 Å². The first-order valence-corrected chi connectivity index (χ1v) is 13.7. The molecule has 146 valence electrons. The first kappa shape index (κ1) is 20.2. The zero-order valence-corrected chi connectivity index (χ0v) is 18.5. The lowest BCUT2D eigenvalue weighted by atomic mass is 10.1. The number of hydrogen-bond donors (Lipinski definition) is 0. The minimum atomic E-state index is -1.57. The fourth-order valence-electron chi connectivity index (χ4n) is 3.43. The van der Waals surface area contributed by atoms with Crippen LogP contribution in [0.5, 0.6) is 0 Å². The van der Waals surface area contributed by atoms with Gasteiger partial charge in [0.1, 0.15) is 13.0 Å². The van der Waals surface area contributed by atoms with Gasteiger partial charge >= 0.3 is 0 Å². The third-order valence-corrected chi connectivity index (χ3v) is 6.88. The second-order valence-corrected chi connectivity index (χ2v) is 14.8. The summed E-state index contributed by atoms with van der Waals surface area (Å²) in [5.41, 5.74) is 1.65. The summed E-state index contributed by atoms with van der Waals surface area (Å²) in [5, 5.41) is 0. The molecule has 1 saturated heterocycles. The van der Waals surface area contributed by atoms with Crippen molar-refractivity contribution in [2.45, 2.75) is 57.7 Å². The molecule has 0 radical (unpaired) electrons. The Bertz CT molecular complexity index is 761. The largest absolute Gasteiger partial charge is 0.338 e. The van der Waals surface area contributed by atoms with Gasteiger partial charge in [-0.3, -0.25) is 19.3 Å². The van der Waals surface area contributed by atoms with E-state index >= 15 is 0 Å². The van der Waals surface area contributed by atoms with Gasteiger partial charge in [-0.15, -0.1) is 0 Å². The van der Waals surface area contributed by atoms with Gasteiger partial charge in [0.2, 0.25) is 11.8 Å². The molecule has 1 aromatic carbocycles. The molecule has 2 aliphatic rings. The molecule has 0 saturated carbocycles. The van der Waals surface area contributed by atoms with Crippen LogP contribution in [-0.2, 0) is 20.9 Å². The van der Waals surface area contributed by atoms with Crippen molar-refractivity contribution in [1.82, 2.24) is 9.80 Å². The van der Waals surface area contributed by atoms with Gasteiger partial charge in [0.05, 0.1) is 0 Å². The molecule has 1 fully saturated rings. The minimum Gasteiger partial charge on any atom is -0.338 e. The SMILES string of the molecule is C[Si](C)(C)CC(OCN1C(=O)CCCC1=O)N1Cc2cc(Br)ccc2C1=O. The fraction of sp³-hybridized carbons (Fsp3) is 0.526. The molecule has 0 N–H and O–H groups in total. The molecule has 3 rings (SSSR count). The van der Waals surface area contributed by atoms with Crippen molar-refractivity contribution in [1.29, 1.82) is 0 Å². The molecule has 6 nitrogen and oxygen atoms in total. The summed E-state index contributed by atoms with van der Waals surface area (Å²) in [6.45, 7) is 7.03. The monoisotopic (exact) mass is 452 g/mol. The van der Waals surface area contributed by atoms with E-state index < -0.39 is 14.3 Å². The summed E-state index contributed by atoms with van der Waals surface area (Å²) >= 11 is 3.45. The van der Waals surface area contributed by atoms with Crippen LogP contribution < -0.4 is 0 Å². The summed E-state index contributed by atoms with van der Waals surface area (Å²) in [7, 11) is -1.57. The normalized spacial score (nSPS) is 18.9. The van der Waals surface area contributed by atoms with Gasteiger partial charge in [0.15, 0.2) is 0 Å². The van der Waals surface area contributed by atoms with Crippen LogP contribution >= 0.6 is 15.9 Å². The Hall–Kier alpha value is -1.51. The number of halogens is 1. The van der Waals surface area contributed by atoms with Gasteiger partial charge < -0.3 is 9.64 Å². The van der Waals surface area contributed by atoms with Gasteiger partial charge in [-0.25, -0.2) is 0 Å². The highest BCUT2D eigenvalue weighted by atomic mass is 79.9. The molecular weight excluding hydrogens is 428 g/mol. The number of ether oxygens (including phenoxy) is 1. The Kier molecular flexibility index (Phi) is 5.88. The maximum absolute atomic E-state index is 12.9. The number of benzene rings is 1. The van der Waals surface area contributed by atoms with Crippen LogP contribution in [-0.4, -0.2) is 48.6 Å². The van der Waals surface area contributed by atoms with Crippen molar-refractivity contribution in [2.24, 2.45) is 0 Å². The van der Waals surface area contributed by atoms with Crippen LogP contribution in [0.3, 0.4) is 0 Å². The first-order chi connectivity index (χ1) is 12.7. The van der Waals surface area contributed by atoms with E-state index in [-0.39, 0.29) is 24.5 Å². The third-order valence-electron chi connectivity index (χ3n) is 4.81. The number of nitrogens with zero attached hydrogens (tertiary/aromatic N) is 2. The quantitative estimate of drug-likeness (QED) is 0.488. The molecule has 1 aromatic rings. The average Bonchev–Trinajstić information content (AvgIpc) is 2.88. The highest BCUT2D eigenvalue weighted by Crippen LogP contribution is 2.30. The number of likely N-dealkylation sites (tertiary alicyclic amines) is 1. The highest BCUT2D eigenvalue weighted by molar-refractivity contribution is 9.10. The van der Waals surface area contributed by atoms with Crippen molar-refractivity contribution in [3.8, 4) is 0 Å². The molecule has 1 atom stereocenters. The lowest BCUT2D eigenvalue weighted by Crippen LogP contribution is -2.47. The van der Waals surface area contributed by atoms with E-state index in [1.54, 1.807) is 4.90 Å². The van der Waals surface area contributed by atoms with Crippen LogP contribution in [0.4, 0.5) is 0 Å². The van der Waals surface area contributed by atoms with Crippen molar-refractivity contribution >= 4 is 41.7 Å². The van der Waals surface area contributed by atoms with Gasteiger partial charge in [-0.05, 0) is 36.2 Å². The van der Waals surface area contributed by atoms with E-state index in [9.17, 15) is 14.4 Å². The van der Waals surface area contributed by atoms with Gasteiger partial charge in [-0.1, -0.05) is 35.6 Å². The molecule has 1 unspecified atom stereocenters. The predicted molar refractivity (Wildman–Crippen MR) is 108 cm³/mol. The summed E-state index contributed by atoms with van der Waals surface area (Å²) in [6, 6.07) is 6.38. The summed E-state index contributed by atoms with van der Waals surface area (Å²) < 4.78 is 6.96. The number of carbonyl (C=O) groups is 3. The molecule has 0 aliphatic carbocycles. The summed E-state index contributed by atoms with van der Waals surface area (Å²) in [6.07, 6.45) is 0.894. The van der Waals surface area contributed by atoms with Crippen LogP contribution in [0.2, 0.25) is 25.7 Å². The Morgan fingerprint density at radius 2 is 1.81 bits per heavy atom. The summed E-state index contributed by atoms with van der Waals surface area (Å²) in [4.78, 5) is 39.9. The molecule has 27 heavy (non-hydrogen) atoms. The molecule has 0 bridgehead atoms. The van der Waals surface area contributed by atoms with Gasteiger partial charge in [0.25, 0.3) is 5.91 Å². The molecule has 2 heterocycles. The second kappa shape index (κ2) is 7.85. The van der Waals surface area contributed by atoms with Gasteiger partial charge in [-0.2, -0.15) is 0 Å². The zero-order valence-electron chi connectivity index (χ0n) is 16.0. The van der Waals surface area contributed by atoms with Crippen molar-refractivity contribution in [3.63, 3.8) is 0 Å². The Morgan fingerprint density at radius 3 is 2.44 bits per heavy atom. The number of amides is 3. The van der Waals surface area contributed by atoms with Crippen LogP contribution in [0.25, 0.3) is 0 Å². The van der Waals surface area contributed by atoms with E-state index in [2.05, 4.69) is 35.6 Å². The molecule has 2 aliphatic heterocycles. The third kappa shape index (κ3) is 4.67. The van der Waals surface area contributed by atoms with Crippen molar-refractivity contribution in [2.75, 3.05) is 6.73 Å². The molecule has 0 spiro atoms. The number of rotatable bonds is 6. The molecule has 0 aromatic heterocycles. The maximum atomic E-state index is 12.9. The van der Waals surface area contributed by atoms with E-state index in [0.29, 0.717) is 31.4 Å². The number of fused-ring (bicyclic) bond motifs is 1. The van der Waals surface area contributed by atoms with E-state index in [1.807, 2.05) is 18.2 Å². The van der Waals surface area contributed by atoms with Crippen molar-refractivity contribution in [3.05, 3.63) is 33.8 Å². The van der Waals surface area contributed by atoms with E-state index in [1.165, 1.54) is 4.90 Å². The lowest BCUT2D eigenvalue weighted by Gasteiger charge is -2.34. The topological polar surface area (TPSA) is 66.9 Å². The lowest BCUT2D eigenvalue weighted by molar-refractivity contribution is -0.159. The summed E-state index contributed by atoms with van der Waals surface area (Å²) in [5.74, 6) is -0.451. The van der Waals surface area contributed by atoms with E-state index in [0.717, 1.165) is 16.1 Å². The number of piperidine rings is 1. The minimum absolute atomic E-state index is 0.0583. The Labute approximate surface area is 169 Å². The predicted octanol–water partition coefficient (Wildman–Crippen LogP) is 3.58. The maximum Gasteiger partial charge on any atom is 0.256 e. The number of carbonyl (C=O) groups excluding carboxylic acids is 3. The number of hydrogen-bond acceptors (Lipinski definition) is 4. The molecule has 8 heteroatoms. The fourth-order valence-corrected chi connectivity index (χ4v) is 5.23. The average molecular weight is 453 g/mol.